The fourth-order valence-electron chi connectivity index (χ4n) is 2.85. The van der Waals surface area contributed by atoms with E-state index >= 15 is 0 Å². The normalized spacial score (nSPS) is 25.7. The molecule has 1 aromatic carbocycles. The third-order valence-corrected chi connectivity index (χ3v) is 3.84. The van der Waals surface area contributed by atoms with Crippen LogP contribution in [0, 0.1) is 19.8 Å². The number of benzene rings is 1. The van der Waals surface area contributed by atoms with Crippen LogP contribution < -0.4 is 5.73 Å². The smallest absolute Gasteiger partial charge is 0.00415 e. The molecule has 0 aliphatic heterocycles. The molecule has 1 heteroatoms. The SMILES string of the molecule is Cc1ccc(C)c(CC2CCCC(N)C2)c1. The molecule has 1 saturated carbocycles. The lowest BCUT2D eigenvalue weighted by Gasteiger charge is -2.27. The zero-order chi connectivity index (χ0) is 11.5. The molecule has 0 saturated heterocycles. The predicted octanol–water partition coefficient (Wildman–Crippen LogP) is 3.36. The van der Waals surface area contributed by atoms with E-state index < -0.39 is 0 Å². The molecule has 0 bridgehead atoms. The summed E-state index contributed by atoms with van der Waals surface area (Å²) in [6.07, 6.45) is 6.34. The summed E-state index contributed by atoms with van der Waals surface area (Å²) in [5.41, 5.74) is 10.4. The van der Waals surface area contributed by atoms with Gasteiger partial charge in [-0.2, -0.15) is 0 Å². The van der Waals surface area contributed by atoms with Crippen molar-refractivity contribution in [2.24, 2.45) is 11.7 Å². The summed E-state index contributed by atoms with van der Waals surface area (Å²) in [6, 6.07) is 7.23. The summed E-state index contributed by atoms with van der Waals surface area (Å²) >= 11 is 0. The molecule has 1 aliphatic rings. The van der Waals surface area contributed by atoms with Gasteiger partial charge in [-0.3, -0.25) is 0 Å². The summed E-state index contributed by atoms with van der Waals surface area (Å²) in [6.45, 7) is 4.40. The van der Waals surface area contributed by atoms with Gasteiger partial charge in [-0.1, -0.05) is 36.6 Å². The van der Waals surface area contributed by atoms with Crippen molar-refractivity contribution in [3.8, 4) is 0 Å². The second kappa shape index (κ2) is 5.01. The largest absolute Gasteiger partial charge is 0.328 e. The fourth-order valence-corrected chi connectivity index (χ4v) is 2.85. The lowest BCUT2D eigenvalue weighted by Crippen LogP contribution is -2.28. The highest BCUT2D eigenvalue weighted by Gasteiger charge is 2.19. The van der Waals surface area contributed by atoms with Gasteiger partial charge < -0.3 is 5.73 Å². The van der Waals surface area contributed by atoms with Crippen LogP contribution in [0.4, 0.5) is 0 Å². The van der Waals surface area contributed by atoms with Crippen LogP contribution in [0.2, 0.25) is 0 Å². The van der Waals surface area contributed by atoms with Gasteiger partial charge in [0.15, 0.2) is 0 Å². The first-order valence-corrected chi connectivity index (χ1v) is 6.47. The van der Waals surface area contributed by atoms with E-state index in [1.807, 2.05) is 0 Å². The molecule has 88 valence electrons. The zero-order valence-electron chi connectivity index (χ0n) is 10.5. The molecule has 1 aliphatic carbocycles. The van der Waals surface area contributed by atoms with E-state index in [9.17, 15) is 0 Å². The summed E-state index contributed by atoms with van der Waals surface area (Å²) in [7, 11) is 0. The van der Waals surface area contributed by atoms with Gasteiger partial charge in [0.2, 0.25) is 0 Å². The van der Waals surface area contributed by atoms with Gasteiger partial charge in [0.05, 0.1) is 0 Å². The van der Waals surface area contributed by atoms with Crippen LogP contribution in [0.3, 0.4) is 0 Å². The summed E-state index contributed by atoms with van der Waals surface area (Å²) in [4.78, 5) is 0. The van der Waals surface area contributed by atoms with E-state index in [0.29, 0.717) is 6.04 Å². The third kappa shape index (κ3) is 2.85. The van der Waals surface area contributed by atoms with Crippen molar-refractivity contribution in [3.05, 3.63) is 34.9 Å². The number of nitrogens with two attached hydrogens (primary N) is 1. The van der Waals surface area contributed by atoms with E-state index in [1.54, 1.807) is 0 Å². The van der Waals surface area contributed by atoms with Crippen molar-refractivity contribution < 1.29 is 0 Å². The first-order valence-electron chi connectivity index (χ1n) is 6.47. The standard InChI is InChI=1S/C15H23N/c1-11-6-7-12(2)14(8-11)9-13-4-3-5-15(16)10-13/h6-8,13,15H,3-5,9-10,16H2,1-2H3. The maximum Gasteiger partial charge on any atom is 0.00415 e. The molecule has 1 fully saturated rings. The Hall–Kier alpha value is -0.820. The number of aryl methyl sites for hydroxylation is 2. The maximum absolute atomic E-state index is 6.05. The number of rotatable bonds is 2. The molecular weight excluding hydrogens is 194 g/mol. The highest BCUT2D eigenvalue weighted by Crippen LogP contribution is 2.27. The van der Waals surface area contributed by atoms with Crippen LogP contribution in [0.1, 0.15) is 42.4 Å². The van der Waals surface area contributed by atoms with Crippen molar-refractivity contribution in [2.45, 2.75) is 52.0 Å². The van der Waals surface area contributed by atoms with E-state index in [1.165, 1.54) is 48.8 Å². The van der Waals surface area contributed by atoms with Gasteiger partial charge >= 0.3 is 0 Å². The average molecular weight is 217 g/mol. The lowest BCUT2D eigenvalue weighted by molar-refractivity contribution is 0.320. The third-order valence-electron chi connectivity index (χ3n) is 3.84. The van der Waals surface area contributed by atoms with Gasteiger partial charge in [-0.15, -0.1) is 0 Å². The molecule has 16 heavy (non-hydrogen) atoms. The minimum atomic E-state index is 0.448. The molecule has 2 rings (SSSR count). The summed E-state index contributed by atoms with van der Waals surface area (Å²) in [5.74, 6) is 0.809. The highest BCUT2D eigenvalue weighted by molar-refractivity contribution is 5.30. The Bertz CT molecular complexity index is 356. The Morgan fingerprint density at radius 2 is 2.06 bits per heavy atom. The molecule has 1 aromatic rings. The highest BCUT2D eigenvalue weighted by atomic mass is 14.6. The van der Waals surface area contributed by atoms with E-state index in [2.05, 4.69) is 32.0 Å². The van der Waals surface area contributed by atoms with E-state index in [-0.39, 0.29) is 0 Å². The van der Waals surface area contributed by atoms with Crippen LogP contribution in [0.25, 0.3) is 0 Å². The van der Waals surface area contributed by atoms with Gasteiger partial charge in [0, 0.05) is 6.04 Å². The summed E-state index contributed by atoms with van der Waals surface area (Å²) < 4.78 is 0. The molecule has 2 N–H and O–H groups in total. The Morgan fingerprint density at radius 3 is 2.81 bits per heavy atom. The van der Waals surface area contributed by atoms with Crippen molar-refractivity contribution in [1.82, 2.24) is 0 Å². The van der Waals surface area contributed by atoms with Crippen molar-refractivity contribution >= 4 is 0 Å². The molecule has 0 spiro atoms. The minimum absolute atomic E-state index is 0.448. The molecule has 0 radical (unpaired) electrons. The monoisotopic (exact) mass is 217 g/mol. The van der Waals surface area contributed by atoms with Crippen LogP contribution in [-0.2, 0) is 6.42 Å². The molecule has 0 heterocycles. The minimum Gasteiger partial charge on any atom is -0.328 e. The number of hydrogen-bond acceptors (Lipinski definition) is 1. The fraction of sp³-hybridized carbons (Fsp3) is 0.600. The zero-order valence-corrected chi connectivity index (χ0v) is 10.5. The van der Waals surface area contributed by atoms with E-state index in [0.717, 1.165) is 5.92 Å². The Balaban J connectivity index is 2.05. The van der Waals surface area contributed by atoms with E-state index in [4.69, 9.17) is 5.73 Å². The van der Waals surface area contributed by atoms with Crippen molar-refractivity contribution in [3.63, 3.8) is 0 Å². The predicted molar refractivity (Wildman–Crippen MR) is 69.6 cm³/mol. The first-order chi connectivity index (χ1) is 7.65. The molecule has 2 unspecified atom stereocenters. The van der Waals surface area contributed by atoms with Crippen LogP contribution in [-0.4, -0.2) is 6.04 Å². The summed E-state index contributed by atoms with van der Waals surface area (Å²) in [5, 5.41) is 0. The van der Waals surface area contributed by atoms with Crippen LogP contribution >= 0.6 is 0 Å². The molecule has 1 nitrogen and oxygen atoms in total. The molecular formula is C15H23N. The average Bonchev–Trinajstić information content (AvgIpc) is 2.24. The van der Waals surface area contributed by atoms with Gasteiger partial charge in [0.25, 0.3) is 0 Å². The van der Waals surface area contributed by atoms with Gasteiger partial charge in [-0.05, 0) is 50.2 Å². The Labute approximate surface area is 99.0 Å². The topological polar surface area (TPSA) is 26.0 Å². The van der Waals surface area contributed by atoms with Crippen LogP contribution in [0.15, 0.2) is 18.2 Å². The second-order valence-electron chi connectivity index (χ2n) is 5.43. The Morgan fingerprint density at radius 1 is 1.25 bits per heavy atom. The van der Waals surface area contributed by atoms with Crippen molar-refractivity contribution in [2.75, 3.05) is 0 Å². The van der Waals surface area contributed by atoms with Gasteiger partial charge in [-0.25, -0.2) is 0 Å². The molecule has 0 amide bonds. The lowest BCUT2D eigenvalue weighted by atomic mass is 9.81. The van der Waals surface area contributed by atoms with Gasteiger partial charge in [0.1, 0.15) is 0 Å². The number of hydrogen-bond donors (Lipinski definition) is 1. The van der Waals surface area contributed by atoms with Crippen molar-refractivity contribution in [1.29, 1.82) is 0 Å². The first kappa shape index (κ1) is 11.7. The quantitative estimate of drug-likeness (QED) is 0.807. The Kier molecular flexibility index (Phi) is 3.65. The maximum atomic E-state index is 6.05. The van der Waals surface area contributed by atoms with Crippen LogP contribution in [0.5, 0.6) is 0 Å². The second-order valence-corrected chi connectivity index (χ2v) is 5.43. The molecule has 0 aromatic heterocycles. The molecule has 2 atom stereocenters.